The van der Waals surface area contributed by atoms with E-state index in [0.29, 0.717) is 6.54 Å². The maximum atomic E-state index is 11.9. The molecule has 0 aliphatic heterocycles. The molecule has 0 saturated heterocycles. The minimum atomic E-state index is -2.31. The number of rotatable bonds is 5. The molecule has 0 unspecified atom stereocenters. The molecule has 4 heteroatoms. The Hall–Kier alpha value is -0.510. The van der Waals surface area contributed by atoms with Crippen molar-refractivity contribution in [2.75, 3.05) is 13.1 Å². The lowest BCUT2D eigenvalue weighted by Gasteiger charge is -2.23. The maximum absolute atomic E-state index is 11.9. The van der Waals surface area contributed by atoms with E-state index >= 15 is 0 Å². The van der Waals surface area contributed by atoms with Gasteiger partial charge in [0.2, 0.25) is 0 Å². The Kier molecular flexibility index (Phi) is 4.94. The van der Waals surface area contributed by atoms with Gasteiger partial charge in [-0.2, -0.15) is 0 Å². The topological polar surface area (TPSA) is 27.1 Å². The third-order valence-corrected chi connectivity index (χ3v) is 1.43. The van der Waals surface area contributed by atoms with E-state index in [1.54, 1.807) is 4.90 Å². The van der Waals surface area contributed by atoms with Gasteiger partial charge in [0.1, 0.15) is 0 Å². The van der Waals surface area contributed by atoms with Gasteiger partial charge < -0.3 is 5.41 Å². The van der Waals surface area contributed by atoms with Gasteiger partial charge in [-0.25, -0.2) is 8.78 Å². The molecule has 0 aromatic heterocycles. The Balaban J connectivity index is 3.78. The third kappa shape index (κ3) is 4.84. The molecular formula is C7H14F2N2. The molecular weight excluding hydrogens is 150 g/mol. The second-order valence-corrected chi connectivity index (χ2v) is 2.64. The summed E-state index contributed by atoms with van der Waals surface area (Å²) < 4.78 is 23.7. The van der Waals surface area contributed by atoms with E-state index in [1.165, 1.54) is 0 Å². The molecule has 0 spiro atoms. The van der Waals surface area contributed by atoms with Crippen molar-refractivity contribution in [1.82, 2.24) is 4.90 Å². The van der Waals surface area contributed by atoms with Gasteiger partial charge in [0.05, 0.1) is 6.54 Å². The van der Waals surface area contributed by atoms with Gasteiger partial charge in [-0.3, -0.25) is 4.90 Å². The lowest BCUT2D eigenvalue weighted by Crippen LogP contribution is -2.36. The van der Waals surface area contributed by atoms with Crippen molar-refractivity contribution in [2.24, 2.45) is 0 Å². The van der Waals surface area contributed by atoms with E-state index in [1.807, 2.05) is 13.8 Å². The lowest BCUT2D eigenvalue weighted by molar-refractivity contribution is 0.0824. The normalized spacial score (nSPS) is 11.5. The molecule has 0 amide bonds. The summed E-state index contributed by atoms with van der Waals surface area (Å²) in [7, 11) is 0. The molecule has 2 nitrogen and oxygen atoms in total. The predicted molar refractivity (Wildman–Crippen MR) is 41.5 cm³/mol. The van der Waals surface area contributed by atoms with Crippen LogP contribution < -0.4 is 0 Å². The van der Waals surface area contributed by atoms with Crippen molar-refractivity contribution in [2.45, 2.75) is 26.3 Å². The standard InChI is InChI=1S/C7H14F2N2/c1-6(2)11(4-3-10)5-7(8)9/h3,6-7,10H,4-5H2,1-2H3. The number of hydrogen-bond acceptors (Lipinski definition) is 2. The van der Waals surface area contributed by atoms with Crippen LogP contribution >= 0.6 is 0 Å². The van der Waals surface area contributed by atoms with E-state index in [2.05, 4.69) is 0 Å². The highest BCUT2D eigenvalue weighted by Crippen LogP contribution is 2.01. The molecule has 0 heterocycles. The molecule has 66 valence electrons. The van der Waals surface area contributed by atoms with Crippen molar-refractivity contribution in [1.29, 1.82) is 5.41 Å². The summed E-state index contributed by atoms with van der Waals surface area (Å²) >= 11 is 0. The summed E-state index contributed by atoms with van der Waals surface area (Å²) in [5.41, 5.74) is 0. The molecule has 1 N–H and O–H groups in total. The van der Waals surface area contributed by atoms with E-state index in [0.717, 1.165) is 6.21 Å². The molecule has 0 saturated carbocycles. The van der Waals surface area contributed by atoms with Gasteiger partial charge in [-0.05, 0) is 13.8 Å². The molecule has 0 aliphatic rings. The lowest BCUT2D eigenvalue weighted by atomic mass is 10.3. The van der Waals surface area contributed by atoms with Gasteiger partial charge in [0.15, 0.2) is 0 Å². The first kappa shape index (κ1) is 10.5. The highest BCUT2D eigenvalue weighted by atomic mass is 19.3. The molecule has 11 heavy (non-hydrogen) atoms. The molecule has 0 atom stereocenters. The number of alkyl halides is 2. The predicted octanol–water partition coefficient (Wildman–Crippen LogP) is 1.61. The molecule has 0 rings (SSSR count). The zero-order chi connectivity index (χ0) is 8.85. The summed E-state index contributed by atoms with van der Waals surface area (Å²) in [6.07, 6.45) is -1.17. The number of hydrogen-bond donors (Lipinski definition) is 1. The summed E-state index contributed by atoms with van der Waals surface area (Å²) in [6.45, 7) is 3.74. The smallest absolute Gasteiger partial charge is 0.251 e. The van der Waals surface area contributed by atoms with Gasteiger partial charge >= 0.3 is 0 Å². The molecule has 0 radical (unpaired) electrons. The first-order valence-corrected chi connectivity index (χ1v) is 3.59. The van der Waals surface area contributed by atoms with Crippen LogP contribution in [0.2, 0.25) is 0 Å². The SMILES string of the molecule is CC(C)N(CC=N)CC(F)F. The van der Waals surface area contributed by atoms with Crippen LogP contribution in [-0.4, -0.2) is 36.7 Å². The van der Waals surface area contributed by atoms with Crippen LogP contribution in [0.5, 0.6) is 0 Å². The average molecular weight is 164 g/mol. The zero-order valence-corrected chi connectivity index (χ0v) is 6.85. The first-order chi connectivity index (χ1) is 5.07. The van der Waals surface area contributed by atoms with E-state index < -0.39 is 6.43 Å². The van der Waals surface area contributed by atoms with Crippen molar-refractivity contribution in [3.8, 4) is 0 Å². The van der Waals surface area contributed by atoms with Crippen molar-refractivity contribution >= 4 is 6.21 Å². The highest BCUT2D eigenvalue weighted by molar-refractivity contribution is 5.55. The number of halogens is 2. The summed E-state index contributed by atoms with van der Waals surface area (Å²) in [6, 6.07) is 0.0746. The molecule has 0 aromatic rings. The summed E-state index contributed by atoms with van der Waals surface area (Å²) in [5, 5.41) is 6.76. The summed E-state index contributed by atoms with van der Waals surface area (Å²) in [5.74, 6) is 0. The van der Waals surface area contributed by atoms with Crippen LogP contribution in [0.3, 0.4) is 0 Å². The van der Waals surface area contributed by atoms with E-state index in [-0.39, 0.29) is 12.6 Å². The Labute approximate surface area is 65.7 Å². The maximum Gasteiger partial charge on any atom is 0.251 e. The fourth-order valence-corrected chi connectivity index (χ4v) is 0.791. The van der Waals surface area contributed by atoms with Gasteiger partial charge in [0, 0.05) is 18.8 Å². The Morgan fingerprint density at radius 3 is 2.27 bits per heavy atom. The van der Waals surface area contributed by atoms with Crippen LogP contribution in [-0.2, 0) is 0 Å². The Morgan fingerprint density at radius 2 is 2.00 bits per heavy atom. The minimum absolute atomic E-state index is 0.0746. The second kappa shape index (κ2) is 5.18. The van der Waals surface area contributed by atoms with Crippen molar-refractivity contribution < 1.29 is 8.78 Å². The monoisotopic (exact) mass is 164 g/mol. The fourth-order valence-electron chi connectivity index (χ4n) is 0.791. The zero-order valence-electron chi connectivity index (χ0n) is 6.85. The average Bonchev–Trinajstić information content (AvgIpc) is 1.86. The Morgan fingerprint density at radius 1 is 1.45 bits per heavy atom. The van der Waals surface area contributed by atoms with Gasteiger partial charge in [-0.15, -0.1) is 0 Å². The highest BCUT2D eigenvalue weighted by Gasteiger charge is 2.13. The van der Waals surface area contributed by atoms with Crippen molar-refractivity contribution in [3.63, 3.8) is 0 Å². The first-order valence-electron chi connectivity index (χ1n) is 3.59. The molecule has 0 bridgehead atoms. The van der Waals surface area contributed by atoms with Crippen LogP contribution in [0.1, 0.15) is 13.8 Å². The molecule has 0 aliphatic carbocycles. The number of nitrogens with one attached hydrogen (secondary N) is 1. The quantitative estimate of drug-likeness (QED) is 0.614. The van der Waals surface area contributed by atoms with Crippen LogP contribution in [0.4, 0.5) is 8.78 Å². The summed E-state index contributed by atoms with van der Waals surface area (Å²) in [4.78, 5) is 1.55. The molecule has 0 aromatic carbocycles. The second-order valence-electron chi connectivity index (χ2n) is 2.64. The van der Waals surface area contributed by atoms with Gasteiger partial charge in [-0.1, -0.05) is 0 Å². The van der Waals surface area contributed by atoms with E-state index in [9.17, 15) is 8.78 Å². The van der Waals surface area contributed by atoms with Crippen LogP contribution in [0.15, 0.2) is 0 Å². The van der Waals surface area contributed by atoms with Crippen LogP contribution in [0, 0.1) is 5.41 Å². The fraction of sp³-hybridized carbons (Fsp3) is 0.857. The van der Waals surface area contributed by atoms with Gasteiger partial charge in [0.25, 0.3) is 6.43 Å². The van der Waals surface area contributed by atoms with Crippen LogP contribution in [0.25, 0.3) is 0 Å². The molecule has 0 fully saturated rings. The number of nitrogens with zero attached hydrogens (tertiary/aromatic N) is 1. The third-order valence-electron chi connectivity index (χ3n) is 1.43. The largest absolute Gasteiger partial charge is 0.312 e. The van der Waals surface area contributed by atoms with Crippen molar-refractivity contribution in [3.05, 3.63) is 0 Å². The Bertz CT molecular complexity index is 115. The minimum Gasteiger partial charge on any atom is -0.312 e. The van der Waals surface area contributed by atoms with E-state index in [4.69, 9.17) is 5.41 Å².